The van der Waals surface area contributed by atoms with Crippen molar-refractivity contribution in [2.45, 2.75) is 13.3 Å². The van der Waals surface area contributed by atoms with Gasteiger partial charge < -0.3 is 0 Å². The topological polar surface area (TPSA) is 17.8 Å². The summed E-state index contributed by atoms with van der Waals surface area (Å²) in [4.78, 5) is 4.56. The van der Waals surface area contributed by atoms with E-state index in [-0.39, 0.29) is 5.82 Å². The van der Waals surface area contributed by atoms with E-state index in [9.17, 15) is 4.39 Å². The molecule has 0 aliphatic carbocycles. The van der Waals surface area contributed by atoms with Crippen molar-refractivity contribution in [3.05, 3.63) is 57.2 Å². The zero-order chi connectivity index (χ0) is 15.0. The molecule has 0 unspecified atom stereocenters. The minimum Gasteiger partial charge on any atom is -0.295 e. The van der Waals surface area contributed by atoms with Gasteiger partial charge in [-0.05, 0) is 53.3 Å². The molecule has 0 fully saturated rings. The zero-order valence-corrected chi connectivity index (χ0v) is 14.3. The molecule has 0 saturated carbocycles. The molecule has 21 heavy (non-hydrogen) atoms. The molecule has 0 radical (unpaired) electrons. The molecule has 0 aliphatic heterocycles. The summed E-state index contributed by atoms with van der Waals surface area (Å²) in [6, 6.07) is 11.4. The number of para-hydroxylation sites is 1. The maximum atomic E-state index is 13.8. The molecule has 0 bridgehead atoms. The van der Waals surface area contributed by atoms with Crippen LogP contribution < -0.4 is 0 Å². The number of benzene rings is 2. The number of nitrogens with zero attached hydrogens (tertiary/aromatic N) is 2. The molecule has 0 N–H and O–H groups in total. The van der Waals surface area contributed by atoms with Crippen LogP contribution in [0.3, 0.4) is 0 Å². The largest absolute Gasteiger partial charge is 0.295 e. The fraction of sp³-hybridized carbons (Fsp3) is 0.188. The second kappa shape index (κ2) is 5.93. The molecule has 0 spiro atoms. The number of aromatic nitrogens is 2. The number of halogens is 3. The molecule has 0 saturated heterocycles. The van der Waals surface area contributed by atoms with Crippen molar-refractivity contribution in [2.75, 3.05) is 5.88 Å². The van der Waals surface area contributed by atoms with E-state index < -0.39 is 0 Å². The van der Waals surface area contributed by atoms with Crippen LogP contribution in [0.4, 0.5) is 4.39 Å². The molecular weight excluding hydrogens is 402 g/mol. The van der Waals surface area contributed by atoms with Gasteiger partial charge in [-0.15, -0.1) is 11.6 Å². The Balaban J connectivity index is 2.35. The van der Waals surface area contributed by atoms with E-state index >= 15 is 0 Å². The first-order valence-electron chi connectivity index (χ1n) is 6.60. The SMILES string of the molecule is Cc1cc2c(cc1F)nc(CCCl)n2-c1ccccc1I. The molecule has 5 heteroatoms. The minimum atomic E-state index is -0.229. The Morgan fingerprint density at radius 3 is 2.76 bits per heavy atom. The van der Waals surface area contributed by atoms with Gasteiger partial charge in [0.2, 0.25) is 0 Å². The smallest absolute Gasteiger partial charge is 0.128 e. The molecule has 1 heterocycles. The lowest BCUT2D eigenvalue weighted by Crippen LogP contribution is -2.04. The molecule has 108 valence electrons. The maximum absolute atomic E-state index is 13.8. The summed E-state index contributed by atoms with van der Waals surface area (Å²) in [5.41, 5.74) is 3.25. The Bertz CT molecular complexity index is 813. The predicted octanol–water partition coefficient (Wildman–Crippen LogP) is 4.86. The number of rotatable bonds is 3. The number of aryl methyl sites for hydroxylation is 2. The average molecular weight is 415 g/mol. The van der Waals surface area contributed by atoms with E-state index in [2.05, 4.69) is 32.1 Å². The summed E-state index contributed by atoms with van der Waals surface area (Å²) >= 11 is 8.20. The normalized spacial score (nSPS) is 11.2. The fourth-order valence-electron chi connectivity index (χ4n) is 2.41. The van der Waals surface area contributed by atoms with Gasteiger partial charge in [0.05, 0.1) is 16.7 Å². The fourth-order valence-corrected chi connectivity index (χ4v) is 3.20. The molecular formula is C16H13ClFIN2. The molecule has 3 rings (SSSR count). The summed E-state index contributed by atoms with van der Waals surface area (Å²) in [7, 11) is 0. The number of hydrogen-bond donors (Lipinski definition) is 0. The van der Waals surface area contributed by atoms with E-state index in [0.717, 1.165) is 20.6 Å². The summed E-state index contributed by atoms with van der Waals surface area (Å²) < 4.78 is 17.0. The Morgan fingerprint density at radius 1 is 1.29 bits per heavy atom. The lowest BCUT2D eigenvalue weighted by molar-refractivity contribution is 0.620. The van der Waals surface area contributed by atoms with Gasteiger partial charge in [-0.25, -0.2) is 9.37 Å². The zero-order valence-electron chi connectivity index (χ0n) is 11.4. The average Bonchev–Trinajstić information content (AvgIpc) is 2.78. The van der Waals surface area contributed by atoms with Crippen LogP contribution in [0.5, 0.6) is 0 Å². The Kier molecular flexibility index (Phi) is 4.17. The van der Waals surface area contributed by atoms with Crippen molar-refractivity contribution in [1.82, 2.24) is 9.55 Å². The molecule has 2 aromatic carbocycles. The molecule has 2 nitrogen and oxygen atoms in total. The van der Waals surface area contributed by atoms with Gasteiger partial charge in [-0.3, -0.25) is 4.57 Å². The highest BCUT2D eigenvalue weighted by Gasteiger charge is 2.15. The highest BCUT2D eigenvalue weighted by atomic mass is 127. The van der Waals surface area contributed by atoms with Gasteiger partial charge in [0.25, 0.3) is 0 Å². The van der Waals surface area contributed by atoms with Gasteiger partial charge >= 0.3 is 0 Å². The first kappa shape index (κ1) is 14.8. The standard InChI is InChI=1S/C16H13ClFIN2/c1-10-8-15-13(9-11(10)18)20-16(6-7-17)21(15)14-5-3-2-4-12(14)19/h2-5,8-9H,6-7H2,1H3. The van der Waals surface area contributed by atoms with Gasteiger partial charge in [-0.2, -0.15) is 0 Å². The molecule has 3 aromatic rings. The van der Waals surface area contributed by atoms with Crippen molar-refractivity contribution in [1.29, 1.82) is 0 Å². The van der Waals surface area contributed by atoms with Crippen molar-refractivity contribution in [3.63, 3.8) is 0 Å². The van der Waals surface area contributed by atoms with Crippen LogP contribution in [-0.4, -0.2) is 15.4 Å². The lowest BCUT2D eigenvalue weighted by Gasteiger charge is -2.11. The van der Waals surface area contributed by atoms with Crippen molar-refractivity contribution in [2.24, 2.45) is 0 Å². The highest BCUT2D eigenvalue weighted by molar-refractivity contribution is 14.1. The summed E-state index contributed by atoms with van der Waals surface area (Å²) in [5, 5.41) is 0. The first-order valence-corrected chi connectivity index (χ1v) is 8.21. The van der Waals surface area contributed by atoms with E-state index in [1.54, 1.807) is 6.92 Å². The second-order valence-electron chi connectivity index (χ2n) is 4.84. The van der Waals surface area contributed by atoms with Crippen LogP contribution in [0.25, 0.3) is 16.7 Å². The summed E-state index contributed by atoms with van der Waals surface area (Å²) in [6.07, 6.45) is 0.641. The van der Waals surface area contributed by atoms with Gasteiger partial charge in [-0.1, -0.05) is 12.1 Å². The molecule has 0 atom stereocenters. The maximum Gasteiger partial charge on any atom is 0.128 e. The van der Waals surface area contributed by atoms with Gasteiger partial charge in [0.1, 0.15) is 11.6 Å². The Labute approximate surface area is 141 Å². The third-order valence-electron chi connectivity index (χ3n) is 3.42. The number of alkyl halides is 1. The third-order valence-corrected chi connectivity index (χ3v) is 4.52. The van der Waals surface area contributed by atoms with Crippen molar-refractivity contribution in [3.8, 4) is 5.69 Å². The van der Waals surface area contributed by atoms with Crippen molar-refractivity contribution < 1.29 is 4.39 Å². The Hall–Kier alpha value is -1.14. The van der Waals surface area contributed by atoms with E-state index in [0.29, 0.717) is 23.4 Å². The van der Waals surface area contributed by atoms with E-state index in [4.69, 9.17) is 11.6 Å². The number of fused-ring (bicyclic) bond motifs is 1. The molecule has 0 amide bonds. The monoisotopic (exact) mass is 414 g/mol. The van der Waals surface area contributed by atoms with Gasteiger partial charge in [0, 0.05) is 21.9 Å². The summed E-state index contributed by atoms with van der Waals surface area (Å²) in [6.45, 7) is 1.77. The van der Waals surface area contributed by atoms with Crippen LogP contribution >= 0.6 is 34.2 Å². The lowest BCUT2D eigenvalue weighted by atomic mass is 10.2. The highest BCUT2D eigenvalue weighted by Crippen LogP contribution is 2.27. The van der Waals surface area contributed by atoms with Gasteiger partial charge in [0.15, 0.2) is 0 Å². The number of imidazole rings is 1. The van der Waals surface area contributed by atoms with E-state index in [1.807, 2.05) is 30.3 Å². The molecule has 1 aromatic heterocycles. The van der Waals surface area contributed by atoms with Crippen molar-refractivity contribution >= 4 is 45.2 Å². The minimum absolute atomic E-state index is 0.229. The van der Waals surface area contributed by atoms with Crippen LogP contribution in [0.15, 0.2) is 36.4 Å². The van der Waals surface area contributed by atoms with Crippen LogP contribution in [0.2, 0.25) is 0 Å². The Morgan fingerprint density at radius 2 is 2.05 bits per heavy atom. The predicted molar refractivity (Wildman–Crippen MR) is 92.9 cm³/mol. The first-order chi connectivity index (χ1) is 10.1. The van der Waals surface area contributed by atoms with Crippen LogP contribution in [0, 0.1) is 16.3 Å². The van der Waals surface area contributed by atoms with Crippen LogP contribution in [0.1, 0.15) is 11.4 Å². The van der Waals surface area contributed by atoms with Crippen LogP contribution in [-0.2, 0) is 6.42 Å². The number of hydrogen-bond acceptors (Lipinski definition) is 1. The summed E-state index contributed by atoms with van der Waals surface area (Å²) in [5.74, 6) is 1.11. The second-order valence-corrected chi connectivity index (χ2v) is 6.38. The quantitative estimate of drug-likeness (QED) is 0.442. The van der Waals surface area contributed by atoms with E-state index in [1.165, 1.54) is 6.07 Å². The third kappa shape index (κ3) is 2.66. The molecule has 0 aliphatic rings.